The van der Waals surface area contributed by atoms with Gasteiger partial charge >= 0.3 is 6.03 Å². The van der Waals surface area contributed by atoms with Crippen molar-refractivity contribution in [2.24, 2.45) is 10.8 Å². The summed E-state index contributed by atoms with van der Waals surface area (Å²) in [7, 11) is 0. The zero-order chi connectivity index (χ0) is 12.8. The lowest BCUT2D eigenvalue weighted by Gasteiger charge is -2.08. The Bertz CT molecular complexity index is 426. The first-order chi connectivity index (χ1) is 8.04. The number of amides is 2. The lowest BCUT2D eigenvalue weighted by atomic mass is 10.2. The Morgan fingerprint density at radius 1 is 1.53 bits per heavy atom. The molecule has 92 valence electrons. The number of hydrogen-bond donors (Lipinski definition) is 2. The number of carbonyl (C=O) groups excluding carboxylic acids is 1. The van der Waals surface area contributed by atoms with E-state index in [1.165, 1.54) is 6.21 Å². The Balaban J connectivity index is 2.90. The zero-order valence-corrected chi connectivity index (χ0v) is 12.2. The molecule has 0 aliphatic heterocycles. The largest absolute Gasteiger partial charge is 0.492 e. The first-order valence-corrected chi connectivity index (χ1v) is 6.33. The number of halogens is 2. The van der Waals surface area contributed by atoms with Crippen molar-refractivity contribution in [1.29, 1.82) is 0 Å². The van der Waals surface area contributed by atoms with Crippen molar-refractivity contribution >= 4 is 44.1 Å². The number of primary amides is 1. The van der Waals surface area contributed by atoms with E-state index in [1.54, 1.807) is 0 Å². The number of hydrazone groups is 1. The van der Waals surface area contributed by atoms with Gasteiger partial charge in [0.25, 0.3) is 0 Å². The molecule has 2 amide bonds. The van der Waals surface area contributed by atoms with Gasteiger partial charge in [0.1, 0.15) is 5.75 Å². The summed E-state index contributed by atoms with van der Waals surface area (Å²) in [6, 6.07) is 2.94. The van der Waals surface area contributed by atoms with Gasteiger partial charge in [-0.25, -0.2) is 10.2 Å². The molecule has 0 atom stereocenters. The van der Waals surface area contributed by atoms with Crippen LogP contribution in [0, 0.1) is 0 Å². The van der Waals surface area contributed by atoms with Gasteiger partial charge in [-0.1, -0.05) is 0 Å². The van der Waals surface area contributed by atoms with Gasteiger partial charge in [-0.15, -0.1) is 0 Å². The van der Waals surface area contributed by atoms with Crippen LogP contribution >= 0.6 is 31.9 Å². The van der Waals surface area contributed by atoms with E-state index in [0.29, 0.717) is 6.61 Å². The van der Waals surface area contributed by atoms with E-state index in [2.05, 4.69) is 42.4 Å². The number of nitrogens with zero attached hydrogens (tertiary/aromatic N) is 1. The van der Waals surface area contributed by atoms with Crippen LogP contribution in [0.15, 0.2) is 26.2 Å². The molecule has 0 spiro atoms. The number of benzene rings is 1. The van der Waals surface area contributed by atoms with Crippen LogP contribution in [0.1, 0.15) is 12.5 Å². The summed E-state index contributed by atoms with van der Waals surface area (Å²) in [4.78, 5) is 10.4. The maximum atomic E-state index is 10.4. The maximum Gasteiger partial charge on any atom is 0.332 e. The second kappa shape index (κ2) is 6.61. The topological polar surface area (TPSA) is 76.7 Å². The molecule has 0 aromatic heterocycles. The van der Waals surface area contributed by atoms with Gasteiger partial charge < -0.3 is 10.5 Å². The summed E-state index contributed by atoms with van der Waals surface area (Å²) in [6.07, 6.45) is 1.48. The van der Waals surface area contributed by atoms with E-state index < -0.39 is 6.03 Å². The van der Waals surface area contributed by atoms with Gasteiger partial charge in [0.05, 0.1) is 21.8 Å². The van der Waals surface area contributed by atoms with Crippen molar-refractivity contribution < 1.29 is 9.53 Å². The molecule has 0 saturated heterocycles. The molecule has 0 unspecified atom stereocenters. The summed E-state index contributed by atoms with van der Waals surface area (Å²) in [5.74, 6) is 0.729. The first kappa shape index (κ1) is 14.0. The van der Waals surface area contributed by atoms with Crippen molar-refractivity contribution in [2.75, 3.05) is 6.61 Å². The minimum atomic E-state index is -0.703. The third kappa shape index (κ3) is 4.35. The number of ether oxygens (including phenoxy) is 1. The summed E-state index contributed by atoms with van der Waals surface area (Å²) < 4.78 is 7.04. The summed E-state index contributed by atoms with van der Waals surface area (Å²) in [5, 5.41) is 3.67. The third-order valence-corrected chi connectivity index (χ3v) is 2.88. The fourth-order valence-corrected chi connectivity index (χ4v) is 2.56. The molecule has 1 aromatic carbocycles. The number of urea groups is 1. The fraction of sp³-hybridized carbons (Fsp3) is 0.200. The predicted molar refractivity (Wildman–Crippen MR) is 73.3 cm³/mol. The van der Waals surface area contributed by atoms with Crippen molar-refractivity contribution in [3.8, 4) is 5.75 Å². The molecule has 5 nitrogen and oxygen atoms in total. The molecule has 0 aliphatic carbocycles. The molecule has 0 radical (unpaired) electrons. The van der Waals surface area contributed by atoms with Crippen LogP contribution in [0.25, 0.3) is 0 Å². The summed E-state index contributed by atoms with van der Waals surface area (Å²) >= 11 is 6.78. The number of nitrogens with one attached hydrogen (secondary N) is 1. The van der Waals surface area contributed by atoms with Gasteiger partial charge in [0.15, 0.2) is 0 Å². The molecular formula is C10H11Br2N3O2. The highest BCUT2D eigenvalue weighted by Gasteiger charge is 2.07. The van der Waals surface area contributed by atoms with E-state index in [4.69, 9.17) is 10.5 Å². The van der Waals surface area contributed by atoms with Gasteiger partial charge in [-0.2, -0.15) is 5.10 Å². The molecule has 0 bridgehead atoms. The lowest BCUT2D eigenvalue weighted by Crippen LogP contribution is -2.24. The van der Waals surface area contributed by atoms with Crippen LogP contribution < -0.4 is 15.9 Å². The Morgan fingerprint density at radius 3 is 2.59 bits per heavy atom. The number of carbonyl (C=O) groups is 1. The normalized spacial score (nSPS) is 10.5. The molecule has 0 fully saturated rings. The molecule has 1 rings (SSSR count). The lowest BCUT2D eigenvalue weighted by molar-refractivity contribution is 0.249. The van der Waals surface area contributed by atoms with Crippen molar-refractivity contribution in [3.05, 3.63) is 26.6 Å². The summed E-state index contributed by atoms with van der Waals surface area (Å²) in [5.41, 5.74) is 7.79. The van der Waals surface area contributed by atoms with E-state index in [-0.39, 0.29) is 0 Å². The van der Waals surface area contributed by atoms with Gasteiger partial charge in [-0.3, -0.25) is 0 Å². The van der Waals surface area contributed by atoms with Crippen molar-refractivity contribution in [1.82, 2.24) is 5.43 Å². The van der Waals surface area contributed by atoms with Crippen LogP contribution in [-0.4, -0.2) is 18.9 Å². The SMILES string of the molecule is CCOc1c(Br)cc(/C=N\NC(N)=O)cc1Br. The fourth-order valence-electron chi connectivity index (χ4n) is 1.11. The highest BCUT2D eigenvalue weighted by Crippen LogP contribution is 2.34. The predicted octanol–water partition coefficient (Wildman–Crippen LogP) is 2.61. The monoisotopic (exact) mass is 363 g/mol. The molecule has 0 aliphatic rings. The quantitative estimate of drug-likeness (QED) is 0.636. The van der Waals surface area contributed by atoms with Gasteiger partial charge in [0, 0.05) is 0 Å². The summed E-state index contributed by atoms with van der Waals surface area (Å²) in [6.45, 7) is 2.49. The van der Waals surface area contributed by atoms with Crippen LogP contribution in [0.2, 0.25) is 0 Å². The molecular weight excluding hydrogens is 354 g/mol. The second-order valence-electron chi connectivity index (χ2n) is 2.98. The number of hydrogen-bond acceptors (Lipinski definition) is 3. The van der Waals surface area contributed by atoms with Gasteiger partial charge in [0.2, 0.25) is 0 Å². The second-order valence-corrected chi connectivity index (χ2v) is 4.69. The highest BCUT2D eigenvalue weighted by atomic mass is 79.9. The Hall–Kier alpha value is -1.08. The molecule has 0 heterocycles. The smallest absolute Gasteiger partial charge is 0.332 e. The first-order valence-electron chi connectivity index (χ1n) is 4.75. The van der Waals surface area contributed by atoms with E-state index in [0.717, 1.165) is 20.3 Å². The average molecular weight is 365 g/mol. The Labute approximate surface area is 116 Å². The molecule has 17 heavy (non-hydrogen) atoms. The third-order valence-electron chi connectivity index (χ3n) is 1.70. The van der Waals surface area contributed by atoms with E-state index >= 15 is 0 Å². The maximum absolute atomic E-state index is 10.4. The Morgan fingerprint density at radius 2 is 2.12 bits per heavy atom. The van der Waals surface area contributed by atoms with Crippen LogP contribution in [0.3, 0.4) is 0 Å². The Kier molecular flexibility index (Phi) is 5.43. The van der Waals surface area contributed by atoms with Crippen molar-refractivity contribution in [2.45, 2.75) is 6.92 Å². The van der Waals surface area contributed by atoms with Crippen LogP contribution in [-0.2, 0) is 0 Å². The molecule has 3 N–H and O–H groups in total. The van der Waals surface area contributed by atoms with E-state index in [1.807, 2.05) is 19.1 Å². The minimum absolute atomic E-state index is 0.577. The van der Waals surface area contributed by atoms with Crippen molar-refractivity contribution in [3.63, 3.8) is 0 Å². The van der Waals surface area contributed by atoms with Crippen LogP contribution in [0.4, 0.5) is 4.79 Å². The molecule has 0 saturated carbocycles. The number of nitrogens with two attached hydrogens (primary N) is 1. The standard InChI is InChI=1S/C10H11Br2N3O2/c1-2-17-9-7(11)3-6(4-8(9)12)5-14-15-10(13)16/h3-5H,2H2,1H3,(H3,13,15,16)/b14-5-. The molecule has 1 aromatic rings. The highest BCUT2D eigenvalue weighted by molar-refractivity contribution is 9.11. The minimum Gasteiger partial charge on any atom is -0.492 e. The van der Waals surface area contributed by atoms with Crippen LogP contribution in [0.5, 0.6) is 5.75 Å². The number of rotatable bonds is 4. The zero-order valence-electron chi connectivity index (χ0n) is 9.04. The van der Waals surface area contributed by atoms with Gasteiger partial charge in [-0.05, 0) is 56.5 Å². The van der Waals surface area contributed by atoms with E-state index in [9.17, 15) is 4.79 Å². The average Bonchev–Trinajstić information content (AvgIpc) is 2.23. The molecule has 7 heteroatoms.